The van der Waals surface area contributed by atoms with Gasteiger partial charge in [0.1, 0.15) is 5.82 Å². The maximum atomic E-state index is 12.1. The van der Waals surface area contributed by atoms with Crippen LogP contribution < -0.4 is 0 Å². The molecule has 1 aromatic heterocycles. The van der Waals surface area contributed by atoms with Crippen LogP contribution in [0.3, 0.4) is 0 Å². The van der Waals surface area contributed by atoms with Gasteiger partial charge in [-0.2, -0.15) is 0 Å². The molecule has 1 aromatic rings. The molecule has 0 radical (unpaired) electrons. The van der Waals surface area contributed by atoms with Crippen molar-refractivity contribution >= 4 is 5.91 Å². The molecule has 3 rings (SSSR count). The van der Waals surface area contributed by atoms with Gasteiger partial charge in [0.25, 0.3) is 0 Å². The average Bonchev–Trinajstić information content (AvgIpc) is 2.89. The van der Waals surface area contributed by atoms with Gasteiger partial charge in [0.15, 0.2) is 0 Å². The molecule has 4 heteroatoms. The molecule has 0 spiro atoms. The number of imidazole rings is 1. The zero-order valence-corrected chi connectivity index (χ0v) is 11.0. The number of rotatable bonds is 3. The third-order valence-electron chi connectivity index (χ3n) is 4.41. The number of hydrogen-bond acceptors (Lipinski definition) is 2. The number of amides is 1. The van der Waals surface area contributed by atoms with Crippen LogP contribution in [0, 0.1) is 12.8 Å². The predicted octanol–water partition coefficient (Wildman–Crippen LogP) is 2.16. The molecular weight excluding hydrogens is 226 g/mol. The molecular formula is C14H21N3O. The molecule has 2 heterocycles. The minimum absolute atomic E-state index is 0.357. The Hall–Kier alpha value is -1.32. The molecule has 1 saturated heterocycles. The van der Waals surface area contributed by atoms with Crippen molar-refractivity contribution in [1.29, 1.82) is 0 Å². The van der Waals surface area contributed by atoms with Gasteiger partial charge in [0.05, 0.1) is 6.04 Å². The fourth-order valence-corrected chi connectivity index (χ4v) is 3.20. The Morgan fingerprint density at radius 3 is 2.72 bits per heavy atom. The van der Waals surface area contributed by atoms with Crippen LogP contribution in [0.4, 0.5) is 0 Å². The van der Waals surface area contributed by atoms with Crippen molar-refractivity contribution in [3.63, 3.8) is 0 Å². The fourth-order valence-electron chi connectivity index (χ4n) is 3.20. The van der Waals surface area contributed by atoms with Gasteiger partial charge in [0.2, 0.25) is 5.91 Å². The van der Waals surface area contributed by atoms with E-state index in [2.05, 4.69) is 9.55 Å². The van der Waals surface area contributed by atoms with Crippen molar-refractivity contribution in [3.8, 4) is 0 Å². The summed E-state index contributed by atoms with van der Waals surface area (Å²) in [6.45, 7) is 3.74. The van der Waals surface area contributed by atoms with Crippen molar-refractivity contribution in [3.05, 3.63) is 18.2 Å². The smallest absolute Gasteiger partial charge is 0.222 e. The largest absolute Gasteiger partial charge is 0.338 e. The summed E-state index contributed by atoms with van der Waals surface area (Å²) >= 11 is 0. The van der Waals surface area contributed by atoms with Gasteiger partial charge >= 0.3 is 0 Å². The topological polar surface area (TPSA) is 38.1 Å². The summed E-state index contributed by atoms with van der Waals surface area (Å²) in [6, 6.07) is 0.444. The van der Waals surface area contributed by atoms with Crippen LogP contribution in [0.15, 0.2) is 12.4 Å². The number of aryl methyl sites for hydroxylation is 1. The molecule has 1 saturated carbocycles. The molecule has 18 heavy (non-hydrogen) atoms. The normalized spacial score (nSPS) is 21.3. The van der Waals surface area contributed by atoms with Gasteiger partial charge in [-0.15, -0.1) is 0 Å². The van der Waals surface area contributed by atoms with Gasteiger partial charge in [-0.25, -0.2) is 4.98 Å². The van der Waals surface area contributed by atoms with E-state index in [9.17, 15) is 4.79 Å². The lowest BCUT2D eigenvalue weighted by atomic mass is 10.0. The van der Waals surface area contributed by atoms with Crippen LogP contribution in [0.2, 0.25) is 0 Å². The number of nitrogens with zero attached hydrogens (tertiary/aromatic N) is 3. The van der Waals surface area contributed by atoms with Gasteiger partial charge < -0.3 is 9.47 Å². The lowest BCUT2D eigenvalue weighted by Gasteiger charge is -2.40. The summed E-state index contributed by atoms with van der Waals surface area (Å²) in [6.07, 6.45) is 9.75. The minimum Gasteiger partial charge on any atom is -0.338 e. The van der Waals surface area contributed by atoms with Crippen molar-refractivity contribution in [1.82, 2.24) is 14.5 Å². The summed E-state index contributed by atoms with van der Waals surface area (Å²) in [5.74, 6) is 2.06. The third kappa shape index (κ3) is 2.16. The van der Waals surface area contributed by atoms with Crippen LogP contribution in [0.25, 0.3) is 0 Å². The maximum Gasteiger partial charge on any atom is 0.222 e. The molecule has 2 aliphatic rings. The second kappa shape index (κ2) is 4.75. The predicted molar refractivity (Wildman–Crippen MR) is 69.2 cm³/mol. The van der Waals surface area contributed by atoms with Crippen molar-refractivity contribution < 1.29 is 4.79 Å². The molecule has 0 atom stereocenters. The first-order valence-electron chi connectivity index (χ1n) is 7.01. The van der Waals surface area contributed by atoms with E-state index in [1.807, 2.05) is 24.2 Å². The number of carbonyl (C=O) groups excluding carboxylic acids is 1. The van der Waals surface area contributed by atoms with Gasteiger partial charge in [-0.05, 0) is 25.7 Å². The minimum atomic E-state index is 0.357. The SMILES string of the molecule is Cc1nccn1C1CN(C(=O)CC2CCCC2)C1. The van der Waals surface area contributed by atoms with E-state index in [1.54, 1.807) is 0 Å². The second-order valence-corrected chi connectivity index (χ2v) is 5.69. The standard InChI is InChI=1S/C14H21N3O/c1-11-15-6-7-17(11)13-9-16(10-13)14(18)8-12-4-2-3-5-12/h6-7,12-13H,2-5,8-10H2,1H3. The highest BCUT2D eigenvalue weighted by atomic mass is 16.2. The fraction of sp³-hybridized carbons (Fsp3) is 0.714. The van der Waals surface area contributed by atoms with E-state index >= 15 is 0 Å². The quantitative estimate of drug-likeness (QED) is 0.821. The van der Waals surface area contributed by atoms with E-state index in [1.165, 1.54) is 25.7 Å². The van der Waals surface area contributed by atoms with Crippen molar-refractivity contribution in [2.45, 2.75) is 45.1 Å². The monoisotopic (exact) mass is 247 g/mol. The first-order chi connectivity index (χ1) is 8.74. The first kappa shape index (κ1) is 11.8. The van der Waals surface area contributed by atoms with Crippen LogP contribution in [-0.2, 0) is 4.79 Å². The molecule has 0 aromatic carbocycles. The highest BCUT2D eigenvalue weighted by molar-refractivity contribution is 5.77. The maximum absolute atomic E-state index is 12.1. The Balaban J connectivity index is 1.49. The Morgan fingerprint density at radius 2 is 2.11 bits per heavy atom. The number of aromatic nitrogens is 2. The van der Waals surface area contributed by atoms with E-state index in [0.717, 1.165) is 25.3 Å². The molecule has 98 valence electrons. The van der Waals surface area contributed by atoms with Crippen LogP contribution >= 0.6 is 0 Å². The zero-order valence-electron chi connectivity index (χ0n) is 11.0. The summed E-state index contributed by atoms with van der Waals surface area (Å²) in [7, 11) is 0. The Labute approximate surface area is 108 Å². The lowest BCUT2D eigenvalue weighted by molar-refractivity contribution is -0.138. The zero-order chi connectivity index (χ0) is 12.5. The molecule has 4 nitrogen and oxygen atoms in total. The summed E-state index contributed by atoms with van der Waals surface area (Å²) in [5, 5.41) is 0. The number of likely N-dealkylation sites (tertiary alicyclic amines) is 1. The van der Waals surface area contributed by atoms with Gasteiger partial charge in [-0.3, -0.25) is 4.79 Å². The Bertz CT molecular complexity index is 428. The van der Waals surface area contributed by atoms with Crippen molar-refractivity contribution in [2.75, 3.05) is 13.1 Å². The molecule has 0 bridgehead atoms. The lowest BCUT2D eigenvalue weighted by Crippen LogP contribution is -2.51. The summed E-state index contributed by atoms with van der Waals surface area (Å²) in [4.78, 5) is 18.3. The van der Waals surface area contributed by atoms with Crippen LogP contribution in [-0.4, -0.2) is 33.4 Å². The van der Waals surface area contributed by atoms with E-state index < -0.39 is 0 Å². The number of carbonyl (C=O) groups is 1. The highest BCUT2D eigenvalue weighted by Crippen LogP contribution is 2.30. The molecule has 1 aliphatic carbocycles. The van der Waals surface area contributed by atoms with Crippen LogP contribution in [0.1, 0.15) is 44.0 Å². The Morgan fingerprint density at radius 1 is 1.39 bits per heavy atom. The van der Waals surface area contributed by atoms with Gasteiger partial charge in [0, 0.05) is 31.9 Å². The molecule has 1 amide bonds. The van der Waals surface area contributed by atoms with Crippen molar-refractivity contribution in [2.24, 2.45) is 5.92 Å². The Kier molecular flexibility index (Phi) is 3.10. The van der Waals surface area contributed by atoms with E-state index in [-0.39, 0.29) is 0 Å². The number of hydrogen-bond donors (Lipinski definition) is 0. The second-order valence-electron chi connectivity index (χ2n) is 5.69. The average molecular weight is 247 g/mol. The highest BCUT2D eigenvalue weighted by Gasteiger charge is 2.33. The van der Waals surface area contributed by atoms with Gasteiger partial charge in [-0.1, -0.05) is 12.8 Å². The molecule has 0 unspecified atom stereocenters. The van der Waals surface area contributed by atoms with Crippen LogP contribution in [0.5, 0.6) is 0 Å². The first-order valence-corrected chi connectivity index (χ1v) is 7.01. The molecule has 1 aliphatic heterocycles. The van der Waals surface area contributed by atoms with E-state index in [0.29, 0.717) is 17.9 Å². The third-order valence-corrected chi connectivity index (χ3v) is 4.41. The molecule has 0 N–H and O–H groups in total. The molecule has 2 fully saturated rings. The summed E-state index contributed by atoms with van der Waals surface area (Å²) in [5.41, 5.74) is 0. The van der Waals surface area contributed by atoms with E-state index in [4.69, 9.17) is 0 Å². The summed E-state index contributed by atoms with van der Waals surface area (Å²) < 4.78 is 2.18.